The Labute approximate surface area is 245 Å². The van der Waals surface area contributed by atoms with Crippen molar-refractivity contribution >= 4 is 17.6 Å². The highest BCUT2D eigenvalue weighted by Gasteiger charge is 2.24. The van der Waals surface area contributed by atoms with Crippen LogP contribution in [0.4, 0.5) is 10.5 Å². The number of fused-ring (bicyclic) bond motifs is 1. The van der Waals surface area contributed by atoms with Crippen molar-refractivity contribution in [2.75, 3.05) is 64.7 Å². The first-order valence-electron chi connectivity index (χ1n) is 14.4. The maximum absolute atomic E-state index is 13.9. The molecule has 2 aliphatic heterocycles. The van der Waals surface area contributed by atoms with Gasteiger partial charge in [-0.1, -0.05) is 18.2 Å². The van der Waals surface area contributed by atoms with Gasteiger partial charge >= 0.3 is 6.03 Å². The summed E-state index contributed by atoms with van der Waals surface area (Å²) < 4.78 is 27.7. The molecule has 1 N–H and O–H groups in total. The van der Waals surface area contributed by atoms with Gasteiger partial charge in [0, 0.05) is 32.7 Å². The zero-order chi connectivity index (χ0) is 29.1. The molecule has 3 heterocycles. The van der Waals surface area contributed by atoms with E-state index in [0.29, 0.717) is 68.0 Å². The van der Waals surface area contributed by atoms with Crippen molar-refractivity contribution in [1.29, 1.82) is 0 Å². The van der Waals surface area contributed by atoms with E-state index in [4.69, 9.17) is 23.4 Å². The Balaban J connectivity index is 1.31. The van der Waals surface area contributed by atoms with Crippen LogP contribution in [-0.4, -0.2) is 86.0 Å². The van der Waals surface area contributed by atoms with Crippen LogP contribution in [0.3, 0.4) is 0 Å². The Morgan fingerprint density at radius 1 is 0.976 bits per heavy atom. The molecule has 1 saturated heterocycles. The molecule has 11 heteroatoms. The standard InChI is InChI=1S/C31H38N4O7/c1-2-39-27-9-4-3-8-26(27)32-31(37)34(13-6-12-33-14-17-38-18-15-33)22-30(36)35(21-25-7-5-16-40-25)20-24-10-11-28-29(19-24)42-23-41-28/h3-5,7-11,16,19H,2,6,12-15,17-18,20-23H2,1H3,(H,32,37). The number of carbonyl (C=O) groups is 2. The lowest BCUT2D eigenvalue weighted by atomic mass is 10.2. The van der Waals surface area contributed by atoms with E-state index in [1.165, 1.54) is 0 Å². The summed E-state index contributed by atoms with van der Waals surface area (Å²) in [4.78, 5) is 33.1. The number of nitrogens with one attached hydrogen (secondary N) is 1. The normalized spacial score (nSPS) is 14.4. The topological polar surface area (TPSA) is 106 Å². The van der Waals surface area contributed by atoms with E-state index < -0.39 is 0 Å². The van der Waals surface area contributed by atoms with Crippen molar-refractivity contribution in [3.05, 3.63) is 72.2 Å². The molecule has 5 rings (SSSR count). The molecule has 2 aliphatic rings. The molecular weight excluding hydrogens is 540 g/mol. The number of urea groups is 1. The van der Waals surface area contributed by atoms with E-state index in [9.17, 15) is 9.59 Å². The number of amides is 3. The minimum Gasteiger partial charge on any atom is -0.492 e. The zero-order valence-electron chi connectivity index (χ0n) is 24.0. The number of ether oxygens (including phenoxy) is 4. The van der Waals surface area contributed by atoms with Crippen LogP contribution in [0.1, 0.15) is 24.7 Å². The van der Waals surface area contributed by atoms with E-state index in [1.54, 1.807) is 28.2 Å². The Kier molecular flexibility index (Phi) is 10.2. The molecule has 0 aliphatic carbocycles. The Morgan fingerprint density at radius 2 is 1.81 bits per heavy atom. The molecule has 3 amide bonds. The van der Waals surface area contributed by atoms with E-state index in [1.807, 2.05) is 49.4 Å². The first-order chi connectivity index (χ1) is 20.6. The highest BCUT2D eigenvalue weighted by atomic mass is 16.7. The van der Waals surface area contributed by atoms with Crippen molar-refractivity contribution in [2.24, 2.45) is 0 Å². The molecule has 0 unspecified atom stereocenters. The summed E-state index contributed by atoms with van der Waals surface area (Å²) in [6, 6.07) is 16.2. The zero-order valence-corrected chi connectivity index (χ0v) is 24.0. The van der Waals surface area contributed by atoms with Gasteiger partial charge in [-0.25, -0.2) is 4.79 Å². The Hall–Kier alpha value is -4.22. The van der Waals surface area contributed by atoms with Crippen LogP contribution in [0.25, 0.3) is 0 Å². The molecule has 0 saturated carbocycles. The molecule has 1 aromatic heterocycles. The summed E-state index contributed by atoms with van der Waals surface area (Å²) in [6.07, 6.45) is 2.30. The summed E-state index contributed by atoms with van der Waals surface area (Å²) in [5, 5.41) is 2.96. The van der Waals surface area contributed by atoms with Crippen LogP contribution >= 0.6 is 0 Å². The van der Waals surface area contributed by atoms with Crippen LogP contribution in [0.5, 0.6) is 17.2 Å². The molecule has 3 aromatic rings. The quantitative estimate of drug-likeness (QED) is 0.322. The third-order valence-electron chi connectivity index (χ3n) is 7.14. The summed E-state index contributed by atoms with van der Waals surface area (Å²) in [5.41, 5.74) is 1.44. The second kappa shape index (κ2) is 14.6. The molecule has 224 valence electrons. The highest BCUT2D eigenvalue weighted by molar-refractivity contribution is 5.93. The molecular formula is C31H38N4O7. The van der Waals surface area contributed by atoms with Crippen LogP contribution in [-0.2, 0) is 22.6 Å². The first-order valence-corrected chi connectivity index (χ1v) is 14.4. The fourth-order valence-corrected chi connectivity index (χ4v) is 4.95. The number of anilines is 1. The number of hydrogen-bond donors (Lipinski definition) is 1. The summed E-state index contributed by atoms with van der Waals surface area (Å²) in [6.45, 7) is 7.36. The number of hydrogen-bond acceptors (Lipinski definition) is 8. The average Bonchev–Trinajstić information content (AvgIpc) is 3.70. The van der Waals surface area contributed by atoms with Crippen LogP contribution < -0.4 is 19.5 Å². The van der Waals surface area contributed by atoms with Crippen molar-refractivity contribution in [2.45, 2.75) is 26.4 Å². The van der Waals surface area contributed by atoms with Crippen molar-refractivity contribution in [1.82, 2.24) is 14.7 Å². The van der Waals surface area contributed by atoms with Gasteiger partial charge in [0.1, 0.15) is 18.1 Å². The maximum atomic E-state index is 13.9. The minimum atomic E-state index is -0.362. The lowest BCUT2D eigenvalue weighted by Gasteiger charge is -2.30. The summed E-state index contributed by atoms with van der Waals surface area (Å²) >= 11 is 0. The molecule has 0 atom stereocenters. The average molecular weight is 579 g/mol. The van der Waals surface area contributed by atoms with Gasteiger partial charge in [0.2, 0.25) is 12.7 Å². The number of benzene rings is 2. The fourth-order valence-electron chi connectivity index (χ4n) is 4.95. The van der Waals surface area contributed by atoms with Gasteiger partial charge in [-0.3, -0.25) is 9.69 Å². The van der Waals surface area contributed by atoms with Gasteiger partial charge < -0.3 is 38.5 Å². The van der Waals surface area contributed by atoms with Crippen LogP contribution in [0, 0.1) is 0 Å². The van der Waals surface area contributed by atoms with Crippen LogP contribution in [0.15, 0.2) is 65.3 Å². The summed E-state index contributed by atoms with van der Waals surface area (Å²) in [5.74, 6) is 2.35. The molecule has 0 bridgehead atoms. The van der Waals surface area contributed by atoms with Crippen molar-refractivity contribution < 1.29 is 33.0 Å². The Bertz CT molecular complexity index is 1310. The molecule has 0 spiro atoms. The number of para-hydroxylation sites is 2. The van der Waals surface area contributed by atoms with Crippen molar-refractivity contribution in [3.8, 4) is 17.2 Å². The number of furan rings is 1. The van der Waals surface area contributed by atoms with Gasteiger partial charge in [-0.05, 0) is 55.3 Å². The molecule has 11 nitrogen and oxygen atoms in total. The third-order valence-corrected chi connectivity index (χ3v) is 7.14. The largest absolute Gasteiger partial charge is 0.492 e. The second-order valence-electron chi connectivity index (χ2n) is 10.1. The smallest absolute Gasteiger partial charge is 0.322 e. The van der Waals surface area contributed by atoms with Gasteiger partial charge in [0.25, 0.3) is 0 Å². The highest BCUT2D eigenvalue weighted by Crippen LogP contribution is 2.33. The maximum Gasteiger partial charge on any atom is 0.322 e. The van der Waals surface area contributed by atoms with E-state index >= 15 is 0 Å². The SMILES string of the molecule is CCOc1ccccc1NC(=O)N(CCCN1CCOCC1)CC(=O)N(Cc1ccc2c(c1)OCO2)Cc1ccco1. The van der Waals surface area contributed by atoms with Gasteiger partial charge in [-0.15, -0.1) is 0 Å². The number of morpholine rings is 1. The van der Waals surface area contributed by atoms with E-state index in [2.05, 4.69) is 10.2 Å². The van der Waals surface area contributed by atoms with Crippen molar-refractivity contribution in [3.63, 3.8) is 0 Å². The third kappa shape index (κ3) is 7.95. The molecule has 0 radical (unpaired) electrons. The fraction of sp³-hybridized carbons (Fsp3) is 0.419. The number of carbonyl (C=O) groups excluding carboxylic acids is 2. The molecule has 1 fully saturated rings. The number of nitrogens with zero attached hydrogens (tertiary/aromatic N) is 3. The van der Waals surface area contributed by atoms with E-state index in [0.717, 1.165) is 25.2 Å². The lowest BCUT2D eigenvalue weighted by molar-refractivity contribution is -0.133. The minimum absolute atomic E-state index is 0.100. The molecule has 2 aromatic carbocycles. The van der Waals surface area contributed by atoms with Gasteiger partial charge in [0.05, 0.1) is 38.3 Å². The lowest BCUT2D eigenvalue weighted by Crippen LogP contribution is -2.45. The summed E-state index contributed by atoms with van der Waals surface area (Å²) in [7, 11) is 0. The first kappa shape index (κ1) is 29.3. The molecule has 42 heavy (non-hydrogen) atoms. The van der Waals surface area contributed by atoms with Gasteiger partial charge in [0.15, 0.2) is 11.5 Å². The van der Waals surface area contributed by atoms with Crippen LogP contribution in [0.2, 0.25) is 0 Å². The monoisotopic (exact) mass is 578 g/mol. The second-order valence-corrected chi connectivity index (χ2v) is 10.1. The Morgan fingerprint density at radius 3 is 2.62 bits per heavy atom. The van der Waals surface area contributed by atoms with Gasteiger partial charge in [-0.2, -0.15) is 0 Å². The number of rotatable bonds is 13. The predicted octanol–water partition coefficient (Wildman–Crippen LogP) is 4.19. The van der Waals surface area contributed by atoms with E-state index in [-0.39, 0.29) is 31.8 Å². The predicted molar refractivity (Wildman–Crippen MR) is 156 cm³/mol.